The SMILES string of the molecule is Cc1ccc(C)c(-n2ncc(C(=N)N)c2C)c1. The van der Waals surface area contributed by atoms with Crippen molar-refractivity contribution in [1.29, 1.82) is 5.41 Å². The fourth-order valence-electron chi connectivity index (χ4n) is 1.86. The van der Waals surface area contributed by atoms with Gasteiger partial charge in [0.2, 0.25) is 0 Å². The van der Waals surface area contributed by atoms with Crippen LogP contribution in [0.5, 0.6) is 0 Å². The van der Waals surface area contributed by atoms with E-state index in [1.807, 2.05) is 25.5 Å². The molecule has 0 aliphatic rings. The summed E-state index contributed by atoms with van der Waals surface area (Å²) in [4.78, 5) is 0. The maximum atomic E-state index is 7.47. The van der Waals surface area contributed by atoms with Crippen LogP contribution in [0.25, 0.3) is 5.69 Å². The average molecular weight is 228 g/mol. The van der Waals surface area contributed by atoms with Gasteiger partial charge in [-0.3, -0.25) is 5.41 Å². The van der Waals surface area contributed by atoms with Gasteiger partial charge in [-0.2, -0.15) is 5.10 Å². The number of nitrogens with one attached hydrogen (secondary N) is 1. The van der Waals surface area contributed by atoms with Crippen LogP contribution in [0.4, 0.5) is 0 Å². The molecule has 0 atom stereocenters. The molecular weight excluding hydrogens is 212 g/mol. The Bertz CT molecular complexity index is 581. The summed E-state index contributed by atoms with van der Waals surface area (Å²) < 4.78 is 1.83. The lowest BCUT2D eigenvalue weighted by atomic mass is 10.1. The van der Waals surface area contributed by atoms with Crippen LogP contribution in [0.2, 0.25) is 0 Å². The van der Waals surface area contributed by atoms with Gasteiger partial charge in [0.1, 0.15) is 5.84 Å². The van der Waals surface area contributed by atoms with Crippen molar-refractivity contribution in [3.63, 3.8) is 0 Å². The molecule has 4 nitrogen and oxygen atoms in total. The van der Waals surface area contributed by atoms with Gasteiger partial charge < -0.3 is 5.73 Å². The average Bonchev–Trinajstić information content (AvgIpc) is 2.64. The van der Waals surface area contributed by atoms with Crippen LogP contribution in [0.1, 0.15) is 22.4 Å². The zero-order valence-electron chi connectivity index (χ0n) is 10.3. The van der Waals surface area contributed by atoms with Crippen molar-refractivity contribution in [3.05, 3.63) is 46.8 Å². The van der Waals surface area contributed by atoms with Gasteiger partial charge in [0, 0.05) is 0 Å². The minimum absolute atomic E-state index is 0.0547. The molecule has 1 heterocycles. The molecule has 1 aromatic carbocycles. The molecule has 0 amide bonds. The number of nitrogens with two attached hydrogens (primary N) is 1. The highest BCUT2D eigenvalue weighted by molar-refractivity contribution is 5.95. The Hall–Kier alpha value is -2.10. The van der Waals surface area contributed by atoms with E-state index < -0.39 is 0 Å². The highest BCUT2D eigenvalue weighted by Crippen LogP contribution is 2.18. The van der Waals surface area contributed by atoms with E-state index in [0.29, 0.717) is 5.56 Å². The summed E-state index contributed by atoms with van der Waals surface area (Å²) in [6.45, 7) is 6.02. The second kappa shape index (κ2) is 4.05. The number of hydrogen-bond acceptors (Lipinski definition) is 2. The molecule has 2 rings (SSSR count). The van der Waals surface area contributed by atoms with E-state index in [2.05, 4.69) is 23.3 Å². The largest absolute Gasteiger partial charge is 0.384 e. The third kappa shape index (κ3) is 1.93. The van der Waals surface area contributed by atoms with E-state index in [4.69, 9.17) is 11.1 Å². The highest BCUT2D eigenvalue weighted by atomic mass is 15.3. The molecular formula is C13H16N4. The van der Waals surface area contributed by atoms with Crippen LogP contribution < -0.4 is 5.73 Å². The highest BCUT2D eigenvalue weighted by Gasteiger charge is 2.11. The summed E-state index contributed by atoms with van der Waals surface area (Å²) in [5.41, 5.74) is 10.5. The van der Waals surface area contributed by atoms with E-state index in [0.717, 1.165) is 16.9 Å². The quantitative estimate of drug-likeness (QED) is 0.610. The Kier molecular flexibility index (Phi) is 2.71. The number of aryl methyl sites for hydroxylation is 2. The first-order valence-corrected chi connectivity index (χ1v) is 5.47. The molecule has 0 bridgehead atoms. The summed E-state index contributed by atoms with van der Waals surface area (Å²) >= 11 is 0. The minimum Gasteiger partial charge on any atom is -0.384 e. The van der Waals surface area contributed by atoms with Crippen molar-refractivity contribution < 1.29 is 0 Å². The Morgan fingerprint density at radius 1 is 1.29 bits per heavy atom. The number of nitrogens with zero attached hydrogens (tertiary/aromatic N) is 2. The number of nitrogen functional groups attached to an aromatic ring is 1. The Morgan fingerprint density at radius 3 is 2.59 bits per heavy atom. The summed E-state index contributed by atoms with van der Waals surface area (Å²) in [6.07, 6.45) is 1.64. The predicted octanol–water partition coefficient (Wildman–Crippen LogP) is 2.08. The summed E-state index contributed by atoms with van der Waals surface area (Å²) in [5.74, 6) is 0.0547. The first kappa shape index (κ1) is 11.4. The van der Waals surface area contributed by atoms with E-state index in [1.165, 1.54) is 5.56 Å². The van der Waals surface area contributed by atoms with Gasteiger partial charge >= 0.3 is 0 Å². The molecule has 0 saturated carbocycles. The fourth-order valence-corrected chi connectivity index (χ4v) is 1.86. The molecule has 0 unspecified atom stereocenters. The van der Waals surface area contributed by atoms with Crippen LogP contribution >= 0.6 is 0 Å². The van der Waals surface area contributed by atoms with Crippen molar-refractivity contribution in [1.82, 2.24) is 9.78 Å². The van der Waals surface area contributed by atoms with E-state index in [1.54, 1.807) is 6.20 Å². The summed E-state index contributed by atoms with van der Waals surface area (Å²) in [6, 6.07) is 6.22. The second-order valence-electron chi connectivity index (χ2n) is 4.26. The van der Waals surface area contributed by atoms with Gasteiger partial charge in [0.25, 0.3) is 0 Å². The van der Waals surface area contributed by atoms with Crippen molar-refractivity contribution >= 4 is 5.84 Å². The lowest BCUT2D eigenvalue weighted by Gasteiger charge is -2.09. The molecule has 2 aromatic rings. The van der Waals surface area contributed by atoms with Gasteiger partial charge in [0.15, 0.2) is 0 Å². The second-order valence-corrected chi connectivity index (χ2v) is 4.26. The van der Waals surface area contributed by atoms with Crippen LogP contribution in [0, 0.1) is 26.2 Å². The van der Waals surface area contributed by atoms with Crippen molar-refractivity contribution in [2.24, 2.45) is 5.73 Å². The number of rotatable bonds is 2. The Balaban J connectivity index is 2.61. The first-order chi connectivity index (χ1) is 8.00. The fraction of sp³-hybridized carbons (Fsp3) is 0.231. The molecule has 0 spiro atoms. The smallest absolute Gasteiger partial charge is 0.126 e. The van der Waals surface area contributed by atoms with Crippen LogP contribution in [-0.2, 0) is 0 Å². The molecule has 17 heavy (non-hydrogen) atoms. The van der Waals surface area contributed by atoms with Gasteiger partial charge in [-0.1, -0.05) is 12.1 Å². The summed E-state index contributed by atoms with van der Waals surface area (Å²) in [5, 5.41) is 11.8. The van der Waals surface area contributed by atoms with Crippen molar-refractivity contribution in [2.75, 3.05) is 0 Å². The Morgan fingerprint density at radius 2 is 2.00 bits per heavy atom. The standard InChI is InChI=1S/C13H16N4/c1-8-4-5-9(2)12(6-8)17-10(3)11(7-16-17)13(14)15/h4-7H,1-3H3,(H3,14,15). The topological polar surface area (TPSA) is 67.7 Å². The molecule has 0 saturated heterocycles. The lowest BCUT2D eigenvalue weighted by Crippen LogP contribution is -2.12. The van der Waals surface area contributed by atoms with E-state index in [-0.39, 0.29) is 5.84 Å². The molecule has 88 valence electrons. The van der Waals surface area contributed by atoms with Gasteiger partial charge in [0.05, 0.1) is 23.1 Å². The number of hydrogen-bond donors (Lipinski definition) is 2. The molecule has 1 aromatic heterocycles. The maximum absolute atomic E-state index is 7.47. The number of benzene rings is 1. The van der Waals surface area contributed by atoms with Gasteiger partial charge in [-0.25, -0.2) is 4.68 Å². The third-order valence-corrected chi connectivity index (χ3v) is 2.89. The van der Waals surface area contributed by atoms with Crippen molar-refractivity contribution in [2.45, 2.75) is 20.8 Å². The first-order valence-electron chi connectivity index (χ1n) is 5.47. The maximum Gasteiger partial charge on any atom is 0.126 e. The third-order valence-electron chi connectivity index (χ3n) is 2.89. The molecule has 4 heteroatoms. The van der Waals surface area contributed by atoms with Crippen LogP contribution in [-0.4, -0.2) is 15.6 Å². The monoisotopic (exact) mass is 228 g/mol. The lowest BCUT2D eigenvalue weighted by molar-refractivity contribution is 0.839. The van der Waals surface area contributed by atoms with Gasteiger partial charge in [-0.05, 0) is 38.0 Å². The van der Waals surface area contributed by atoms with E-state index >= 15 is 0 Å². The zero-order valence-corrected chi connectivity index (χ0v) is 10.3. The minimum atomic E-state index is 0.0547. The normalized spacial score (nSPS) is 10.5. The molecule has 0 aliphatic heterocycles. The molecule has 0 aliphatic carbocycles. The zero-order chi connectivity index (χ0) is 12.6. The predicted molar refractivity (Wildman–Crippen MR) is 68.8 cm³/mol. The van der Waals surface area contributed by atoms with Crippen LogP contribution in [0.3, 0.4) is 0 Å². The van der Waals surface area contributed by atoms with Gasteiger partial charge in [-0.15, -0.1) is 0 Å². The number of aromatic nitrogens is 2. The van der Waals surface area contributed by atoms with Crippen molar-refractivity contribution in [3.8, 4) is 5.69 Å². The molecule has 0 radical (unpaired) electrons. The number of amidine groups is 1. The van der Waals surface area contributed by atoms with Crippen LogP contribution in [0.15, 0.2) is 24.4 Å². The van der Waals surface area contributed by atoms with E-state index in [9.17, 15) is 0 Å². The molecule has 0 fully saturated rings. The molecule has 3 N–H and O–H groups in total. The summed E-state index contributed by atoms with van der Waals surface area (Å²) in [7, 11) is 0. The Labute approximate surface area is 101 Å².